The van der Waals surface area contributed by atoms with E-state index in [0.717, 1.165) is 31.3 Å². The highest BCUT2D eigenvalue weighted by molar-refractivity contribution is 14.1. The molecule has 4 aromatic rings. The van der Waals surface area contributed by atoms with Gasteiger partial charge in [-0.1, -0.05) is 82.5 Å². The molecule has 0 saturated carbocycles. The van der Waals surface area contributed by atoms with Crippen LogP contribution in [0.15, 0.2) is 47.0 Å². The predicted octanol–water partition coefficient (Wildman–Crippen LogP) is 6.18. The molecule has 2 aromatic carbocycles. The van der Waals surface area contributed by atoms with Gasteiger partial charge in [-0.25, -0.2) is 9.59 Å². The predicted molar refractivity (Wildman–Crippen MR) is 198 cm³/mol. The van der Waals surface area contributed by atoms with Crippen LogP contribution in [0, 0.1) is 15.4 Å². The number of nitrogens with one attached hydrogen (secondary N) is 4. The first-order valence-electron chi connectivity index (χ1n) is 16.9. The third kappa shape index (κ3) is 8.49. The average molecular weight is 833 g/mol. The van der Waals surface area contributed by atoms with Crippen LogP contribution in [0.1, 0.15) is 86.3 Å². The highest BCUT2D eigenvalue weighted by atomic mass is 127. The number of rotatable bonds is 13. The minimum atomic E-state index is -1.47. The number of halogens is 2. The molecule has 13 nitrogen and oxygen atoms in total. The van der Waals surface area contributed by atoms with E-state index in [9.17, 15) is 19.2 Å². The fourth-order valence-corrected chi connectivity index (χ4v) is 7.40. The first kappa shape index (κ1) is 38.1. The lowest BCUT2D eigenvalue weighted by molar-refractivity contribution is -0.136. The topological polar surface area (TPSA) is 178 Å². The maximum atomic E-state index is 14.7. The minimum Gasteiger partial charge on any atom is -0.463 e. The Balaban J connectivity index is 1.49. The van der Waals surface area contributed by atoms with Gasteiger partial charge in [-0.15, -0.1) is 0 Å². The molecule has 0 spiro atoms. The number of fused-ring (bicyclic) bond motifs is 3. The first-order valence-corrected chi connectivity index (χ1v) is 18.4. The van der Waals surface area contributed by atoms with Gasteiger partial charge in [0.25, 0.3) is 5.82 Å². The van der Waals surface area contributed by atoms with Gasteiger partial charge in [0.2, 0.25) is 17.7 Å². The number of nitrogens with zero attached hydrogens (tertiary/aromatic N) is 2. The Kier molecular flexibility index (Phi) is 12.3. The summed E-state index contributed by atoms with van der Waals surface area (Å²) in [4.78, 5) is 61.9. The summed E-state index contributed by atoms with van der Waals surface area (Å²) in [5.74, 6) is -2.53. The van der Waals surface area contributed by atoms with Crippen LogP contribution in [0.25, 0.3) is 10.9 Å². The van der Waals surface area contributed by atoms with Crippen molar-refractivity contribution in [2.45, 2.75) is 84.0 Å². The molecule has 0 fully saturated rings. The number of ether oxygens (including phenoxy) is 2. The number of H-pyrrole nitrogens is 1. The Bertz CT molecular complexity index is 1900. The van der Waals surface area contributed by atoms with E-state index >= 15 is 0 Å². The van der Waals surface area contributed by atoms with Crippen molar-refractivity contribution in [2.75, 3.05) is 7.11 Å². The van der Waals surface area contributed by atoms with Gasteiger partial charge in [0, 0.05) is 26.1 Å². The molecule has 5 atom stereocenters. The molecule has 272 valence electrons. The lowest BCUT2D eigenvalue weighted by Crippen LogP contribution is -2.65. The van der Waals surface area contributed by atoms with Crippen LogP contribution < -0.4 is 16.0 Å². The number of aromatic nitrogens is 3. The molecule has 2 aromatic heterocycles. The number of hydrogen-bond acceptors (Lipinski definition) is 9. The Morgan fingerprint density at radius 3 is 2.49 bits per heavy atom. The van der Waals surface area contributed by atoms with Crippen molar-refractivity contribution >= 4 is 69.0 Å². The van der Waals surface area contributed by atoms with Crippen molar-refractivity contribution in [2.24, 2.45) is 11.8 Å². The van der Waals surface area contributed by atoms with Gasteiger partial charge in [-0.05, 0) is 75.7 Å². The largest absolute Gasteiger partial charge is 0.463 e. The Labute approximate surface area is 314 Å². The zero-order valence-corrected chi connectivity index (χ0v) is 32.0. The van der Waals surface area contributed by atoms with Gasteiger partial charge in [-0.2, -0.15) is 4.98 Å². The molecule has 1 aliphatic carbocycles. The summed E-state index contributed by atoms with van der Waals surface area (Å²) in [7, 11) is 1.21. The standard InChI is InChI=1S/C36H42ClIN6O7/c1-6-19(3)27(41-35(48)50-18-21-11-9-8-10-12-21)31(45)43-36(14-13-26-24(17-36)23-15-22(37)16-25(38)29(23)39-26)34(47)40-28(20(4)7-2)32-42-30(44-51-32)33(46)49-5/h8-12,15-16,19-20,27-28,39H,6-7,13-14,17-18H2,1-5H3,(H,40,47)(H,41,48)(H,43,45)/t19?,20?,27-,28-,36-/m0/s1. The van der Waals surface area contributed by atoms with Crippen LogP contribution in [0.5, 0.6) is 0 Å². The molecule has 1 aliphatic rings. The summed E-state index contributed by atoms with van der Waals surface area (Å²) >= 11 is 8.71. The summed E-state index contributed by atoms with van der Waals surface area (Å²) in [6.07, 6.45) is 1.24. The van der Waals surface area contributed by atoms with Crippen LogP contribution in [0.2, 0.25) is 5.02 Å². The Hall–Kier alpha value is -4.18. The molecule has 2 heterocycles. The van der Waals surface area contributed by atoms with E-state index in [-0.39, 0.29) is 43.0 Å². The number of carbonyl (C=O) groups is 4. The fraction of sp³-hybridized carbons (Fsp3) is 0.444. The molecule has 15 heteroatoms. The van der Waals surface area contributed by atoms with Crippen molar-refractivity contribution in [1.29, 1.82) is 0 Å². The molecule has 2 unspecified atom stereocenters. The van der Waals surface area contributed by atoms with Crippen molar-refractivity contribution in [3.05, 3.63) is 79.6 Å². The van der Waals surface area contributed by atoms with Gasteiger partial charge in [-0.3, -0.25) is 9.59 Å². The van der Waals surface area contributed by atoms with Gasteiger partial charge < -0.3 is 34.9 Å². The molecule has 0 bridgehead atoms. The SMILES string of the molecule is CCC(C)[C@H](NC(=O)OCc1ccccc1)C(=O)N[C@@]1(C(=O)N[C@H](c2nc(C(=O)OC)no2)C(C)CC)CCc2[nH]c3c(I)cc(Cl)cc3c2C1. The maximum absolute atomic E-state index is 14.7. The van der Waals surface area contributed by atoms with Crippen LogP contribution in [-0.2, 0) is 38.5 Å². The zero-order valence-electron chi connectivity index (χ0n) is 29.1. The molecule has 3 amide bonds. The maximum Gasteiger partial charge on any atom is 0.408 e. The minimum absolute atomic E-state index is 0.0307. The highest BCUT2D eigenvalue weighted by Crippen LogP contribution is 2.38. The summed E-state index contributed by atoms with van der Waals surface area (Å²) < 4.78 is 16.6. The zero-order chi connectivity index (χ0) is 36.9. The van der Waals surface area contributed by atoms with E-state index in [1.54, 1.807) is 0 Å². The number of amides is 3. The quantitative estimate of drug-likeness (QED) is 0.0905. The van der Waals surface area contributed by atoms with Crippen molar-refractivity contribution in [1.82, 2.24) is 31.1 Å². The number of benzene rings is 2. The van der Waals surface area contributed by atoms with Crippen molar-refractivity contribution in [3.63, 3.8) is 0 Å². The summed E-state index contributed by atoms with van der Waals surface area (Å²) in [5.41, 5.74) is 2.03. The molecule has 0 aliphatic heterocycles. The van der Waals surface area contributed by atoms with Crippen molar-refractivity contribution in [3.8, 4) is 0 Å². The smallest absolute Gasteiger partial charge is 0.408 e. The van der Waals surface area contributed by atoms with E-state index in [0.29, 0.717) is 24.3 Å². The second kappa shape index (κ2) is 16.4. The number of carbonyl (C=O) groups excluding carboxylic acids is 4. The van der Waals surface area contributed by atoms with Crippen molar-refractivity contribution < 1.29 is 33.2 Å². The summed E-state index contributed by atoms with van der Waals surface area (Å²) in [6, 6.07) is 11.1. The second-order valence-corrected chi connectivity index (χ2v) is 14.6. The van der Waals surface area contributed by atoms with Gasteiger partial charge >= 0.3 is 12.1 Å². The van der Waals surface area contributed by atoms with Crippen LogP contribution in [0.3, 0.4) is 0 Å². The monoisotopic (exact) mass is 832 g/mol. The third-order valence-corrected chi connectivity index (χ3v) is 10.7. The molecular weight excluding hydrogens is 791 g/mol. The molecular formula is C36H42ClIN6O7. The Morgan fingerprint density at radius 2 is 1.80 bits per heavy atom. The van der Waals surface area contributed by atoms with Crippen LogP contribution in [0.4, 0.5) is 4.79 Å². The summed E-state index contributed by atoms with van der Waals surface area (Å²) in [5, 5.41) is 14.1. The molecule has 5 rings (SSSR count). The van der Waals surface area contributed by atoms with E-state index in [1.807, 2.05) is 70.2 Å². The molecule has 0 saturated heterocycles. The molecule has 4 N–H and O–H groups in total. The first-order chi connectivity index (χ1) is 24.4. The van der Waals surface area contributed by atoms with Gasteiger partial charge in [0.1, 0.15) is 24.2 Å². The average Bonchev–Trinajstić information content (AvgIpc) is 3.76. The van der Waals surface area contributed by atoms with E-state index in [2.05, 4.69) is 53.7 Å². The van der Waals surface area contributed by atoms with Crippen LogP contribution >= 0.6 is 34.2 Å². The van der Waals surface area contributed by atoms with E-state index in [4.69, 9.17) is 25.6 Å². The normalized spacial score (nSPS) is 17.8. The lowest BCUT2D eigenvalue weighted by atomic mass is 9.78. The number of esters is 1. The highest BCUT2D eigenvalue weighted by Gasteiger charge is 2.47. The van der Waals surface area contributed by atoms with Gasteiger partial charge in [0.05, 0.1) is 12.6 Å². The number of alkyl carbamates (subject to hydrolysis) is 1. The molecule has 0 radical (unpaired) electrons. The van der Waals surface area contributed by atoms with Crippen LogP contribution in [-0.4, -0.2) is 57.7 Å². The number of hydrogen-bond donors (Lipinski definition) is 4. The van der Waals surface area contributed by atoms with E-state index < -0.39 is 41.5 Å². The third-order valence-electron chi connectivity index (χ3n) is 9.65. The summed E-state index contributed by atoms with van der Waals surface area (Å²) in [6.45, 7) is 7.65. The lowest BCUT2D eigenvalue weighted by Gasteiger charge is -2.39. The van der Waals surface area contributed by atoms with Gasteiger partial charge in [0.15, 0.2) is 0 Å². The number of aromatic amines is 1. The molecule has 51 heavy (non-hydrogen) atoms. The number of methoxy groups -OCH3 is 1. The second-order valence-electron chi connectivity index (χ2n) is 13.0. The fourth-order valence-electron chi connectivity index (χ4n) is 6.23. The number of aryl methyl sites for hydroxylation is 1. The van der Waals surface area contributed by atoms with E-state index in [1.165, 1.54) is 7.11 Å². The Morgan fingerprint density at radius 1 is 1.08 bits per heavy atom.